The second-order valence-corrected chi connectivity index (χ2v) is 10.8. The van der Waals surface area contributed by atoms with Gasteiger partial charge in [0.1, 0.15) is 5.75 Å². The Balaban J connectivity index is 0.00000180. The van der Waals surface area contributed by atoms with Crippen LogP contribution in [0.15, 0.2) is 24.3 Å². The van der Waals surface area contributed by atoms with Crippen molar-refractivity contribution in [2.75, 3.05) is 0 Å². The summed E-state index contributed by atoms with van der Waals surface area (Å²) in [6.45, 7) is 6.60. The minimum absolute atomic E-state index is 0. The fraction of sp³-hybridized carbons (Fsp3) is 0.600. The molecule has 2 rings (SSSR count). The maximum atomic E-state index is 6.35. The van der Waals surface area contributed by atoms with Crippen molar-refractivity contribution in [1.82, 2.24) is 0 Å². The lowest BCUT2D eigenvalue weighted by atomic mass is 9.92. The van der Waals surface area contributed by atoms with Gasteiger partial charge in [0.2, 0.25) is 8.32 Å². The lowest BCUT2D eigenvalue weighted by Crippen LogP contribution is -2.29. The van der Waals surface area contributed by atoms with E-state index in [-0.39, 0.29) is 18.4 Å². The van der Waals surface area contributed by atoms with Gasteiger partial charge in [0, 0.05) is 6.04 Å². The molecular weight excluding hydrogens is 274 g/mol. The van der Waals surface area contributed by atoms with E-state index in [4.69, 9.17) is 10.2 Å². The van der Waals surface area contributed by atoms with Crippen LogP contribution in [-0.4, -0.2) is 8.32 Å². The highest BCUT2D eigenvalue weighted by atomic mass is 35.5. The molecule has 0 spiro atoms. The first-order valence-corrected chi connectivity index (χ1v) is 10.4. The van der Waals surface area contributed by atoms with Gasteiger partial charge >= 0.3 is 0 Å². The molecule has 2 nitrogen and oxygen atoms in total. The van der Waals surface area contributed by atoms with Gasteiger partial charge in [0.05, 0.1) is 0 Å². The van der Waals surface area contributed by atoms with Gasteiger partial charge < -0.3 is 10.2 Å². The zero-order valence-corrected chi connectivity index (χ0v) is 14.0. The van der Waals surface area contributed by atoms with Crippen molar-refractivity contribution in [1.29, 1.82) is 0 Å². The number of benzene rings is 1. The van der Waals surface area contributed by atoms with Crippen LogP contribution >= 0.6 is 12.4 Å². The van der Waals surface area contributed by atoms with E-state index in [9.17, 15) is 0 Å². The summed E-state index contributed by atoms with van der Waals surface area (Å²) in [5.41, 5.74) is 7.60. The Bertz CT molecular complexity index is 382. The summed E-state index contributed by atoms with van der Waals surface area (Å²) in [5, 5.41) is 0. The first-order chi connectivity index (χ1) is 8.46. The first kappa shape index (κ1) is 16.5. The van der Waals surface area contributed by atoms with Crippen molar-refractivity contribution in [2.45, 2.75) is 51.4 Å². The summed E-state index contributed by atoms with van der Waals surface area (Å²) in [6, 6.07) is 8.62. The topological polar surface area (TPSA) is 35.2 Å². The van der Waals surface area contributed by atoms with Gasteiger partial charge in [-0.15, -0.1) is 12.4 Å². The molecule has 0 radical (unpaired) electrons. The van der Waals surface area contributed by atoms with Crippen LogP contribution in [0.3, 0.4) is 0 Å². The van der Waals surface area contributed by atoms with Crippen molar-refractivity contribution < 1.29 is 4.43 Å². The van der Waals surface area contributed by atoms with E-state index >= 15 is 0 Å². The van der Waals surface area contributed by atoms with Crippen LogP contribution < -0.4 is 10.2 Å². The van der Waals surface area contributed by atoms with Crippen molar-refractivity contribution in [3.8, 4) is 5.75 Å². The van der Waals surface area contributed by atoms with E-state index < -0.39 is 8.32 Å². The molecule has 19 heavy (non-hydrogen) atoms. The largest absolute Gasteiger partial charge is 0.544 e. The van der Waals surface area contributed by atoms with E-state index in [1.165, 1.54) is 31.2 Å². The molecule has 1 atom stereocenters. The molecule has 0 heterocycles. The maximum absolute atomic E-state index is 6.35. The molecule has 1 aliphatic rings. The van der Waals surface area contributed by atoms with Gasteiger partial charge in [-0.25, -0.2) is 0 Å². The summed E-state index contributed by atoms with van der Waals surface area (Å²) in [5.74, 6) is 1.66. The average molecular weight is 300 g/mol. The number of hydrogen-bond acceptors (Lipinski definition) is 2. The summed E-state index contributed by atoms with van der Waals surface area (Å²) in [6.07, 6.45) is 5.26. The Morgan fingerprint density at radius 1 is 1.11 bits per heavy atom. The Labute approximate surface area is 124 Å². The molecule has 0 amide bonds. The SMILES string of the molecule is C[Si](C)(C)Oc1ccc([C@@H](N)C2CCCC2)cc1.Cl. The lowest BCUT2D eigenvalue weighted by molar-refractivity contribution is 0.444. The molecule has 0 saturated heterocycles. The molecule has 0 aromatic heterocycles. The molecule has 0 unspecified atom stereocenters. The Morgan fingerprint density at radius 2 is 1.63 bits per heavy atom. The van der Waals surface area contributed by atoms with Crippen LogP contribution in [0.1, 0.15) is 37.3 Å². The number of hydrogen-bond donors (Lipinski definition) is 1. The second kappa shape index (κ2) is 6.78. The fourth-order valence-corrected chi connectivity index (χ4v) is 3.54. The van der Waals surface area contributed by atoms with E-state index in [0.29, 0.717) is 5.92 Å². The molecule has 1 fully saturated rings. The Hall–Kier alpha value is -0.513. The van der Waals surface area contributed by atoms with Gasteiger partial charge in [0.25, 0.3) is 0 Å². The molecule has 2 N–H and O–H groups in total. The van der Waals surface area contributed by atoms with E-state index in [1.54, 1.807) is 0 Å². The van der Waals surface area contributed by atoms with E-state index in [1.807, 2.05) is 0 Å². The fourth-order valence-electron chi connectivity index (χ4n) is 2.70. The minimum atomic E-state index is -1.50. The maximum Gasteiger partial charge on any atom is 0.242 e. The summed E-state index contributed by atoms with van der Waals surface area (Å²) in [7, 11) is -1.50. The highest BCUT2D eigenvalue weighted by molar-refractivity contribution is 6.70. The molecule has 1 aromatic rings. The van der Waals surface area contributed by atoms with Crippen molar-refractivity contribution >= 4 is 20.7 Å². The molecule has 1 saturated carbocycles. The third kappa shape index (κ3) is 4.82. The number of rotatable bonds is 4. The molecule has 108 valence electrons. The second-order valence-electron chi connectivity index (χ2n) is 6.35. The van der Waals surface area contributed by atoms with Crippen molar-refractivity contribution in [3.05, 3.63) is 29.8 Å². The standard InChI is InChI=1S/C15H25NOSi.ClH/c1-18(2,3)17-14-10-8-13(9-11-14)15(16)12-6-4-5-7-12;/h8-12,15H,4-7,16H2,1-3H3;1H/t15-;/m0./s1. The van der Waals surface area contributed by atoms with E-state index in [0.717, 1.165) is 5.75 Å². The van der Waals surface area contributed by atoms with Gasteiger partial charge in [0.15, 0.2) is 0 Å². The molecular formula is C15H26ClNOSi. The quantitative estimate of drug-likeness (QED) is 0.830. The highest BCUT2D eigenvalue weighted by Crippen LogP contribution is 2.34. The predicted octanol–water partition coefficient (Wildman–Crippen LogP) is 4.51. The van der Waals surface area contributed by atoms with Gasteiger partial charge in [-0.1, -0.05) is 25.0 Å². The van der Waals surface area contributed by atoms with Crippen LogP contribution in [0.4, 0.5) is 0 Å². The van der Waals surface area contributed by atoms with Crippen LogP contribution in [0.5, 0.6) is 5.75 Å². The average Bonchev–Trinajstić information content (AvgIpc) is 2.80. The summed E-state index contributed by atoms with van der Waals surface area (Å²) < 4.78 is 5.96. The monoisotopic (exact) mass is 299 g/mol. The minimum Gasteiger partial charge on any atom is -0.544 e. The third-order valence-electron chi connectivity index (χ3n) is 3.60. The van der Waals surface area contributed by atoms with Crippen LogP contribution in [0, 0.1) is 5.92 Å². The van der Waals surface area contributed by atoms with Crippen LogP contribution in [0.2, 0.25) is 19.6 Å². The first-order valence-electron chi connectivity index (χ1n) is 7.00. The zero-order valence-electron chi connectivity index (χ0n) is 12.2. The molecule has 4 heteroatoms. The van der Waals surface area contributed by atoms with E-state index in [2.05, 4.69) is 43.9 Å². The van der Waals surface area contributed by atoms with Gasteiger partial charge in [-0.2, -0.15) is 0 Å². The van der Waals surface area contributed by atoms with Crippen molar-refractivity contribution in [2.24, 2.45) is 11.7 Å². The van der Waals surface area contributed by atoms with Gasteiger partial charge in [-0.05, 0) is 56.1 Å². The number of halogens is 1. The highest BCUT2D eigenvalue weighted by Gasteiger charge is 2.23. The predicted molar refractivity (Wildman–Crippen MR) is 86.6 cm³/mol. The summed E-state index contributed by atoms with van der Waals surface area (Å²) >= 11 is 0. The lowest BCUT2D eigenvalue weighted by Gasteiger charge is -2.22. The van der Waals surface area contributed by atoms with Crippen LogP contribution in [-0.2, 0) is 0 Å². The molecule has 0 bridgehead atoms. The molecule has 1 aliphatic carbocycles. The Morgan fingerprint density at radius 3 is 2.11 bits per heavy atom. The number of nitrogens with two attached hydrogens (primary N) is 1. The van der Waals surface area contributed by atoms with Gasteiger partial charge in [-0.3, -0.25) is 0 Å². The normalized spacial score (nSPS) is 17.9. The summed E-state index contributed by atoms with van der Waals surface area (Å²) in [4.78, 5) is 0. The Kier molecular flexibility index (Phi) is 5.90. The van der Waals surface area contributed by atoms with Crippen LogP contribution in [0.25, 0.3) is 0 Å². The molecule has 0 aliphatic heterocycles. The van der Waals surface area contributed by atoms with Crippen molar-refractivity contribution in [3.63, 3.8) is 0 Å². The third-order valence-corrected chi connectivity index (χ3v) is 4.44. The zero-order chi connectivity index (χ0) is 13.2. The molecule has 1 aromatic carbocycles. The smallest absolute Gasteiger partial charge is 0.242 e.